The predicted octanol–water partition coefficient (Wildman–Crippen LogP) is 2.92. The molecule has 2 N–H and O–H groups in total. The first kappa shape index (κ1) is 19.9. The third kappa shape index (κ3) is 3.89. The van der Waals surface area contributed by atoms with Gasteiger partial charge in [-0.15, -0.1) is 0 Å². The standard InChI is InChI=1S/C22H25N5O.H2S/c1-26-20-11-18(14-5-6-14)15(9-16(20)12-24-26)10-21(28)19-3-2-4-22(25-19)27-8-7-17(23)13-27;/h2-4,9,11-12,14,17H,5-8,10,13,23H2,1H3;1H2/t17-;/m0./s1. The van der Waals surface area contributed by atoms with Gasteiger partial charge in [-0.1, -0.05) is 6.07 Å². The van der Waals surface area contributed by atoms with Gasteiger partial charge in [-0.2, -0.15) is 18.6 Å². The minimum absolute atomic E-state index is 0. The summed E-state index contributed by atoms with van der Waals surface area (Å²) in [7, 11) is 1.96. The number of hydrogen-bond donors (Lipinski definition) is 1. The highest BCUT2D eigenvalue weighted by Crippen LogP contribution is 2.43. The van der Waals surface area contributed by atoms with Gasteiger partial charge in [-0.05, 0) is 60.6 Å². The summed E-state index contributed by atoms with van der Waals surface area (Å²) in [4.78, 5) is 19.9. The van der Waals surface area contributed by atoms with Crippen LogP contribution in [0, 0.1) is 0 Å². The molecule has 1 aliphatic heterocycles. The van der Waals surface area contributed by atoms with Crippen LogP contribution >= 0.6 is 13.5 Å². The van der Waals surface area contributed by atoms with E-state index >= 15 is 0 Å². The molecule has 3 aromatic rings. The summed E-state index contributed by atoms with van der Waals surface area (Å²) >= 11 is 0. The van der Waals surface area contributed by atoms with Gasteiger partial charge in [-0.25, -0.2) is 4.98 Å². The van der Waals surface area contributed by atoms with Gasteiger partial charge in [0.25, 0.3) is 0 Å². The minimum Gasteiger partial charge on any atom is -0.355 e. The fourth-order valence-corrected chi connectivity index (χ4v) is 4.20. The summed E-state index contributed by atoms with van der Waals surface area (Å²) in [6.45, 7) is 1.70. The van der Waals surface area contributed by atoms with Crippen molar-refractivity contribution in [2.75, 3.05) is 18.0 Å². The average molecular weight is 410 g/mol. The Labute approximate surface area is 177 Å². The number of nitrogens with two attached hydrogens (primary N) is 1. The maximum absolute atomic E-state index is 13.1. The van der Waals surface area contributed by atoms with E-state index < -0.39 is 0 Å². The molecular formula is C22H27N5OS. The number of carbonyl (C=O) groups is 1. The van der Waals surface area contributed by atoms with Crippen LogP contribution in [0.1, 0.15) is 46.8 Å². The number of nitrogens with zero attached hydrogens (tertiary/aromatic N) is 4. The number of pyridine rings is 1. The molecule has 5 rings (SSSR count). The first-order valence-corrected chi connectivity index (χ1v) is 10.0. The Morgan fingerprint density at radius 1 is 1.24 bits per heavy atom. The maximum Gasteiger partial charge on any atom is 0.185 e. The lowest BCUT2D eigenvalue weighted by Gasteiger charge is -2.17. The smallest absolute Gasteiger partial charge is 0.185 e. The fourth-order valence-electron chi connectivity index (χ4n) is 4.20. The van der Waals surface area contributed by atoms with Gasteiger partial charge in [0.15, 0.2) is 5.78 Å². The van der Waals surface area contributed by atoms with Crippen molar-refractivity contribution in [3.05, 3.63) is 53.3 Å². The molecule has 1 saturated heterocycles. The third-order valence-corrected chi connectivity index (χ3v) is 5.94. The summed E-state index contributed by atoms with van der Waals surface area (Å²) in [5.41, 5.74) is 10.1. The Kier molecular flexibility index (Phi) is 5.36. The van der Waals surface area contributed by atoms with Crippen LogP contribution in [0.4, 0.5) is 5.82 Å². The van der Waals surface area contributed by atoms with Crippen molar-refractivity contribution >= 4 is 36.0 Å². The molecule has 152 valence electrons. The molecule has 0 amide bonds. The summed E-state index contributed by atoms with van der Waals surface area (Å²) in [6.07, 6.45) is 5.62. The molecule has 2 aromatic heterocycles. The normalized spacial score (nSPS) is 18.8. The molecule has 0 unspecified atom stereocenters. The van der Waals surface area contributed by atoms with Crippen molar-refractivity contribution in [3.8, 4) is 0 Å². The van der Waals surface area contributed by atoms with E-state index in [1.165, 1.54) is 18.4 Å². The Bertz CT molecular complexity index is 1060. The lowest BCUT2D eigenvalue weighted by molar-refractivity contribution is 0.0988. The van der Waals surface area contributed by atoms with Crippen molar-refractivity contribution in [2.45, 2.75) is 37.6 Å². The van der Waals surface area contributed by atoms with E-state index in [1.54, 1.807) is 0 Å². The minimum atomic E-state index is 0. The quantitative estimate of drug-likeness (QED) is 0.656. The number of aromatic nitrogens is 3. The van der Waals surface area contributed by atoms with Gasteiger partial charge >= 0.3 is 0 Å². The van der Waals surface area contributed by atoms with Gasteiger partial charge in [0, 0.05) is 38.0 Å². The number of carbonyl (C=O) groups excluding carboxylic acids is 1. The molecule has 1 saturated carbocycles. The molecule has 1 aliphatic carbocycles. The Balaban J connectivity index is 0.00000205. The van der Waals surface area contributed by atoms with Crippen LogP contribution in [0.25, 0.3) is 10.9 Å². The van der Waals surface area contributed by atoms with Gasteiger partial charge in [0.1, 0.15) is 11.5 Å². The number of hydrogen-bond acceptors (Lipinski definition) is 5. The van der Waals surface area contributed by atoms with Crippen molar-refractivity contribution in [3.63, 3.8) is 0 Å². The maximum atomic E-state index is 13.1. The van der Waals surface area contributed by atoms with Crippen LogP contribution in [0.15, 0.2) is 36.5 Å². The molecule has 0 spiro atoms. The van der Waals surface area contributed by atoms with Crippen molar-refractivity contribution < 1.29 is 4.79 Å². The molecule has 2 fully saturated rings. The zero-order valence-corrected chi connectivity index (χ0v) is 17.6. The number of ketones is 1. The topological polar surface area (TPSA) is 77.0 Å². The summed E-state index contributed by atoms with van der Waals surface area (Å²) in [6, 6.07) is 10.3. The lowest BCUT2D eigenvalue weighted by Crippen LogP contribution is -2.27. The first-order valence-electron chi connectivity index (χ1n) is 10.0. The molecule has 2 aliphatic rings. The van der Waals surface area contributed by atoms with Gasteiger partial charge in [0.05, 0.1) is 11.7 Å². The monoisotopic (exact) mass is 409 g/mol. The van der Waals surface area contributed by atoms with Crippen LogP contribution in [-0.4, -0.2) is 39.7 Å². The van der Waals surface area contributed by atoms with Crippen LogP contribution in [0.2, 0.25) is 0 Å². The van der Waals surface area contributed by atoms with E-state index in [1.807, 2.05) is 36.1 Å². The molecule has 6 nitrogen and oxygen atoms in total. The van der Waals surface area contributed by atoms with Gasteiger partial charge in [-0.3, -0.25) is 9.48 Å². The van der Waals surface area contributed by atoms with Crippen molar-refractivity contribution in [2.24, 2.45) is 12.8 Å². The zero-order chi connectivity index (χ0) is 19.3. The largest absolute Gasteiger partial charge is 0.355 e. The Hall–Kier alpha value is -2.38. The molecule has 7 heteroatoms. The Morgan fingerprint density at radius 3 is 2.79 bits per heavy atom. The number of anilines is 1. The second-order valence-electron chi connectivity index (χ2n) is 8.13. The second-order valence-corrected chi connectivity index (χ2v) is 8.13. The van der Waals surface area contributed by atoms with Crippen molar-refractivity contribution in [1.82, 2.24) is 14.8 Å². The van der Waals surface area contributed by atoms with E-state index in [0.717, 1.165) is 41.8 Å². The second kappa shape index (κ2) is 7.80. The van der Waals surface area contributed by atoms with Crippen LogP contribution < -0.4 is 10.6 Å². The van der Waals surface area contributed by atoms with E-state index in [0.29, 0.717) is 18.0 Å². The van der Waals surface area contributed by atoms with Crippen molar-refractivity contribution in [1.29, 1.82) is 0 Å². The van der Waals surface area contributed by atoms with Gasteiger partial charge in [0.2, 0.25) is 0 Å². The Morgan fingerprint density at radius 2 is 2.07 bits per heavy atom. The van der Waals surface area contributed by atoms with E-state index in [2.05, 4.69) is 27.1 Å². The number of aryl methyl sites for hydroxylation is 1. The predicted molar refractivity (Wildman–Crippen MR) is 120 cm³/mol. The van der Waals surface area contributed by atoms with E-state index in [9.17, 15) is 4.79 Å². The van der Waals surface area contributed by atoms with Crippen LogP contribution in [0.5, 0.6) is 0 Å². The fraction of sp³-hybridized carbons (Fsp3) is 0.409. The number of rotatable bonds is 5. The SMILES string of the molecule is Cn1ncc2cc(CC(=O)c3cccc(N4CC[C@H](N)C4)n3)c(C3CC3)cc21.S. The van der Waals surface area contributed by atoms with Crippen LogP contribution in [-0.2, 0) is 13.5 Å². The summed E-state index contributed by atoms with van der Waals surface area (Å²) in [5.74, 6) is 1.49. The van der Waals surface area contributed by atoms with Crippen LogP contribution in [0.3, 0.4) is 0 Å². The molecule has 0 radical (unpaired) electrons. The average Bonchev–Trinajstić information content (AvgIpc) is 3.36. The van der Waals surface area contributed by atoms with E-state index in [4.69, 9.17) is 5.73 Å². The summed E-state index contributed by atoms with van der Waals surface area (Å²) in [5, 5.41) is 5.45. The highest BCUT2D eigenvalue weighted by molar-refractivity contribution is 7.59. The molecule has 1 aromatic carbocycles. The summed E-state index contributed by atoms with van der Waals surface area (Å²) < 4.78 is 1.90. The molecule has 0 bridgehead atoms. The molecule has 1 atom stereocenters. The lowest BCUT2D eigenvalue weighted by atomic mass is 9.96. The number of fused-ring (bicyclic) bond motifs is 1. The molecular weight excluding hydrogens is 382 g/mol. The molecule has 29 heavy (non-hydrogen) atoms. The number of benzene rings is 1. The van der Waals surface area contributed by atoms with E-state index in [-0.39, 0.29) is 25.3 Å². The highest BCUT2D eigenvalue weighted by Gasteiger charge is 2.28. The third-order valence-electron chi connectivity index (χ3n) is 5.94. The number of Topliss-reactive ketones (excluding diaryl/α,β-unsaturated/α-hetero) is 1. The first-order chi connectivity index (χ1) is 13.6. The zero-order valence-electron chi connectivity index (χ0n) is 16.6. The molecule has 3 heterocycles. The van der Waals surface area contributed by atoms with Gasteiger partial charge < -0.3 is 10.6 Å². The highest BCUT2D eigenvalue weighted by atomic mass is 32.1.